The van der Waals surface area contributed by atoms with Crippen LogP contribution >= 0.6 is 15.9 Å². The summed E-state index contributed by atoms with van der Waals surface area (Å²) in [6, 6.07) is 3.79. The van der Waals surface area contributed by atoms with Crippen LogP contribution in [0.1, 0.15) is 44.1 Å². The number of aromatic hydroxyl groups is 1. The van der Waals surface area contributed by atoms with Crippen LogP contribution < -0.4 is 4.74 Å². The first kappa shape index (κ1) is 15.8. The van der Waals surface area contributed by atoms with E-state index in [1.165, 1.54) is 38.5 Å². The van der Waals surface area contributed by atoms with Crippen molar-refractivity contribution in [3.63, 3.8) is 0 Å². The standard InChI is InChI=1S/C19H26BrNO2/c1-21(11-15-17(23-2)4-3-16(20)18(15)22)19-8-12-5-13(9-19)7-14(6-12)10-19/h3-4,12-14,22H,5-11H2,1-2H3. The molecule has 0 heterocycles. The first-order chi connectivity index (χ1) is 11.0. The zero-order valence-electron chi connectivity index (χ0n) is 14.0. The fourth-order valence-corrected chi connectivity index (χ4v) is 6.24. The fourth-order valence-electron chi connectivity index (χ4n) is 5.87. The lowest BCUT2D eigenvalue weighted by molar-refractivity contribution is -0.0824. The number of ether oxygens (including phenoxy) is 1. The number of phenols is 1. The molecule has 0 saturated heterocycles. The molecule has 0 aromatic heterocycles. The summed E-state index contributed by atoms with van der Waals surface area (Å²) in [6.07, 6.45) is 8.39. The molecule has 4 aliphatic rings. The maximum atomic E-state index is 10.5. The number of nitrogens with zero attached hydrogens (tertiary/aromatic N) is 1. The van der Waals surface area contributed by atoms with Gasteiger partial charge in [-0.15, -0.1) is 0 Å². The van der Waals surface area contributed by atoms with Gasteiger partial charge in [0.2, 0.25) is 0 Å². The lowest BCUT2D eigenvalue weighted by atomic mass is 9.52. The highest BCUT2D eigenvalue weighted by Gasteiger charge is 2.52. The summed E-state index contributed by atoms with van der Waals surface area (Å²) in [7, 11) is 3.92. The van der Waals surface area contributed by atoms with Gasteiger partial charge in [0.25, 0.3) is 0 Å². The lowest BCUT2D eigenvalue weighted by Crippen LogP contribution is -2.58. The largest absolute Gasteiger partial charge is 0.506 e. The van der Waals surface area contributed by atoms with Gasteiger partial charge >= 0.3 is 0 Å². The maximum Gasteiger partial charge on any atom is 0.137 e. The number of hydrogen-bond acceptors (Lipinski definition) is 3. The monoisotopic (exact) mass is 379 g/mol. The second-order valence-corrected chi connectivity index (χ2v) is 8.93. The van der Waals surface area contributed by atoms with Gasteiger partial charge in [-0.2, -0.15) is 0 Å². The van der Waals surface area contributed by atoms with Crippen molar-refractivity contribution in [2.75, 3.05) is 14.2 Å². The molecule has 4 saturated carbocycles. The summed E-state index contributed by atoms with van der Waals surface area (Å²) < 4.78 is 6.24. The highest BCUT2D eigenvalue weighted by Crippen LogP contribution is 2.58. The predicted molar refractivity (Wildman–Crippen MR) is 94.7 cm³/mol. The molecule has 0 amide bonds. The SMILES string of the molecule is COc1ccc(Br)c(O)c1CN(C)C12CC3CC(CC(C3)C1)C2. The molecule has 5 rings (SSSR count). The summed E-state index contributed by atoms with van der Waals surface area (Å²) in [4.78, 5) is 2.52. The Morgan fingerprint density at radius 3 is 2.26 bits per heavy atom. The van der Waals surface area contributed by atoms with Gasteiger partial charge in [-0.1, -0.05) is 0 Å². The fraction of sp³-hybridized carbons (Fsp3) is 0.684. The van der Waals surface area contributed by atoms with E-state index in [1.807, 2.05) is 12.1 Å². The van der Waals surface area contributed by atoms with Crippen molar-refractivity contribution in [1.82, 2.24) is 4.90 Å². The van der Waals surface area contributed by atoms with Crippen LogP contribution in [0.15, 0.2) is 16.6 Å². The number of hydrogen-bond donors (Lipinski definition) is 1. The van der Waals surface area contributed by atoms with Crippen molar-refractivity contribution in [2.24, 2.45) is 17.8 Å². The van der Waals surface area contributed by atoms with Crippen molar-refractivity contribution in [3.05, 3.63) is 22.2 Å². The lowest BCUT2D eigenvalue weighted by Gasteiger charge is -2.60. The Morgan fingerprint density at radius 2 is 1.74 bits per heavy atom. The van der Waals surface area contributed by atoms with E-state index in [0.29, 0.717) is 11.3 Å². The molecule has 126 valence electrons. The van der Waals surface area contributed by atoms with Crippen molar-refractivity contribution in [1.29, 1.82) is 0 Å². The number of benzene rings is 1. The molecule has 1 N–H and O–H groups in total. The molecule has 0 atom stereocenters. The number of halogens is 1. The smallest absolute Gasteiger partial charge is 0.137 e. The normalized spacial score (nSPS) is 35.0. The Hall–Kier alpha value is -0.740. The van der Waals surface area contributed by atoms with Gasteiger partial charge in [0.05, 0.1) is 17.1 Å². The summed E-state index contributed by atoms with van der Waals surface area (Å²) in [5.74, 6) is 3.90. The molecular weight excluding hydrogens is 354 g/mol. The second kappa shape index (κ2) is 5.66. The highest BCUT2D eigenvalue weighted by atomic mass is 79.9. The van der Waals surface area contributed by atoms with Crippen LogP contribution in [-0.4, -0.2) is 29.7 Å². The van der Waals surface area contributed by atoms with E-state index in [1.54, 1.807) is 7.11 Å². The third-order valence-corrected chi connectivity index (χ3v) is 7.26. The molecule has 4 bridgehead atoms. The summed E-state index contributed by atoms with van der Waals surface area (Å²) in [6.45, 7) is 0.751. The van der Waals surface area contributed by atoms with Gasteiger partial charge < -0.3 is 9.84 Å². The third kappa shape index (κ3) is 2.58. The van der Waals surface area contributed by atoms with E-state index in [-0.39, 0.29) is 0 Å². The molecule has 0 spiro atoms. The molecule has 4 fully saturated rings. The molecule has 3 nitrogen and oxygen atoms in total. The average Bonchev–Trinajstić information content (AvgIpc) is 2.50. The van der Waals surface area contributed by atoms with Crippen molar-refractivity contribution in [3.8, 4) is 11.5 Å². The molecule has 1 aromatic carbocycles. The van der Waals surface area contributed by atoms with Crippen molar-refractivity contribution < 1.29 is 9.84 Å². The van der Waals surface area contributed by atoms with Gasteiger partial charge in [-0.3, -0.25) is 4.90 Å². The molecule has 23 heavy (non-hydrogen) atoms. The topological polar surface area (TPSA) is 32.7 Å². The highest BCUT2D eigenvalue weighted by molar-refractivity contribution is 9.10. The first-order valence-electron chi connectivity index (χ1n) is 8.76. The van der Waals surface area contributed by atoms with Crippen molar-refractivity contribution in [2.45, 2.75) is 50.6 Å². The Bertz CT molecular complexity index is 580. The van der Waals surface area contributed by atoms with Gasteiger partial charge in [-0.05, 0) is 91.4 Å². The number of methoxy groups -OCH3 is 1. The zero-order valence-corrected chi connectivity index (χ0v) is 15.6. The molecule has 4 aliphatic carbocycles. The van der Waals surface area contributed by atoms with Crippen LogP contribution in [0.2, 0.25) is 0 Å². The van der Waals surface area contributed by atoms with Gasteiger partial charge in [-0.25, -0.2) is 0 Å². The maximum absolute atomic E-state index is 10.5. The van der Waals surface area contributed by atoms with E-state index in [4.69, 9.17) is 4.74 Å². The van der Waals surface area contributed by atoms with Gasteiger partial charge in [0.15, 0.2) is 0 Å². The van der Waals surface area contributed by atoms with Crippen molar-refractivity contribution >= 4 is 15.9 Å². The molecule has 0 radical (unpaired) electrons. The Kier molecular flexibility index (Phi) is 3.88. The molecule has 1 aromatic rings. The predicted octanol–water partition coefficient (Wildman–Crippen LogP) is 4.56. The Labute approximate surface area is 147 Å². The van der Waals surface area contributed by atoms with Crippen LogP contribution in [-0.2, 0) is 6.54 Å². The zero-order chi connectivity index (χ0) is 16.2. The second-order valence-electron chi connectivity index (χ2n) is 8.07. The minimum absolute atomic E-state index is 0.320. The van der Waals surface area contributed by atoms with E-state index >= 15 is 0 Å². The van der Waals surface area contributed by atoms with E-state index in [9.17, 15) is 5.11 Å². The van der Waals surface area contributed by atoms with E-state index < -0.39 is 0 Å². The minimum atomic E-state index is 0.320. The van der Waals surface area contributed by atoms with Crippen LogP contribution in [0.3, 0.4) is 0 Å². The summed E-state index contributed by atoms with van der Waals surface area (Å²) >= 11 is 3.44. The average molecular weight is 380 g/mol. The Morgan fingerprint density at radius 1 is 1.17 bits per heavy atom. The summed E-state index contributed by atoms with van der Waals surface area (Å²) in [5, 5.41) is 10.5. The van der Waals surface area contributed by atoms with Crippen LogP contribution in [0.25, 0.3) is 0 Å². The van der Waals surface area contributed by atoms with Crippen LogP contribution in [0.4, 0.5) is 0 Å². The summed E-state index contributed by atoms with van der Waals surface area (Å²) in [5.41, 5.74) is 1.24. The first-order valence-corrected chi connectivity index (χ1v) is 9.55. The van der Waals surface area contributed by atoms with Crippen LogP contribution in [0, 0.1) is 17.8 Å². The quantitative estimate of drug-likeness (QED) is 0.831. The molecule has 0 aliphatic heterocycles. The molecule has 4 heteroatoms. The minimum Gasteiger partial charge on any atom is -0.506 e. The van der Waals surface area contributed by atoms with Crippen LogP contribution in [0.5, 0.6) is 11.5 Å². The molecular formula is C19H26BrNO2. The van der Waals surface area contributed by atoms with Gasteiger partial charge in [0, 0.05) is 12.1 Å². The number of rotatable bonds is 4. The van der Waals surface area contributed by atoms with E-state index in [0.717, 1.165) is 40.1 Å². The van der Waals surface area contributed by atoms with E-state index in [2.05, 4.69) is 27.9 Å². The third-order valence-electron chi connectivity index (χ3n) is 6.62. The number of phenolic OH excluding ortho intramolecular Hbond substituents is 1. The molecule has 0 unspecified atom stereocenters. The Balaban J connectivity index is 1.61. The van der Waals surface area contributed by atoms with Gasteiger partial charge in [0.1, 0.15) is 11.5 Å².